The third-order valence-electron chi connectivity index (χ3n) is 5.58. The zero-order chi connectivity index (χ0) is 27.5. The second-order valence-corrected chi connectivity index (χ2v) is 8.86. The number of carboxylic acids is 1. The zero-order valence-corrected chi connectivity index (χ0v) is 21.3. The van der Waals surface area contributed by atoms with E-state index in [0.29, 0.717) is 6.42 Å². The van der Waals surface area contributed by atoms with Crippen LogP contribution in [0.4, 0.5) is 0 Å². The van der Waals surface area contributed by atoms with E-state index in [-0.39, 0.29) is 31.1 Å². The van der Waals surface area contributed by atoms with Gasteiger partial charge < -0.3 is 43.2 Å². The normalized spacial score (nSPS) is 14.1. The average Bonchev–Trinajstić information content (AvgIpc) is 3.27. The minimum Gasteiger partial charge on any atom is -0.480 e. The highest BCUT2D eigenvalue weighted by Gasteiger charge is 2.28. The molecular formula is C23H34N8O5S. The average molecular weight is 535 g/mol. The van der Waals surface area contributed by atoms with Gasteiger partial charge in [0.2, 0.25) is 17.7 Å². The first-order valence-corrected chi connectivity index (χ1v) is 12.3. The molecule has 4 atom stereocenters. The van der Waals surface area contributed by atoms with Crippen LogP contribution in [0.25, 0.3) is 10.9 Å². The number of aliphatic carboxylic acids is 1. The molecule has 1 aromatic heterocycles. The SMILES string of the molecule is CC(NC(=O)C(Cc1c[nH]c2ccccc12)NC(=O)C(N)CS)C(=O)NC(CCCN=C(N)N)C(=O)O. The van der Waals surface area contributed by atoms with Gasteiger partial charge in [-0.15, -0.1) is 0 Å². The van der Waals surface area contributed by atoms with Gasteiger partial charge in [0.25, 0.3) is 0 Å². The molecule has 1 aromatic carbocycles. The summed E-state index contributed by atoms with van der Waals surface area (Å²) in [6.45, 7) is 1.62. The van der Waals surface area contributed by atoms with Crippen molar-refractivity contribution >= 4 is 53.2 Å². The van der Waals surface area contributed by atoms with Gasteiger partial charge in [0, 0.05) is 35.8 Å². The fourth-order valence-corrected chi connectivity index (χ4v) is 3.69. The molecule has 11 N–H and O–H groups in total. The summed E-state index contributed by atoms with van der Waals surface area (Å²) in [5.74, 6) is -3.18. The number of benzene rings is 1. The van der Waals surface area contributed by atoms with Crippen LogP contribution in [-0.4, -0.2) is 76.2 Å². The van der Waals surface area contributed by atoms with Crippen molar-refractivity contribution in [1.29, 1.82) is 0 Å². The number of nitrogens with two attached hydrogens (primary N) is 3. The van der Waals surface area contributed by atoms with Gasteiger partial charge in [0.1, 0.15) is 18.1 Å². The molecule has 0 saturated heterocycles. The fourth-order valence-electron chi connectivity index (χ4n) is 3.53. The molecule has 202 valence electrons. The molecule has 1 heterocycles. The number of carbonyl (C=O) groups is 4. The lowest BCUT2D eigenvalue weighted by molar-refractivity contribution is -0.142. The molecule has 0 fully saturated rings. The number of fused-ring (bicyclic) bond motifs is 1. The van der Waals surface area contributed by atoms with Gasteiger partial charge in [0.05, 0.1) is 6.04 Å². The number of aliphatic imine (C=N–C) groups is 1. The number of hydrogen-bond acceptors (Lipinski definition) is 7. The van der Waals surface area contributed by atoms with Crippen molar-refractivity contribution in [1.82, 2.24) is 20.9 Å². The van der Waals surface area contributed by atoms with Gasteiger partial charge >= 0.3 is 5.97 Å². The molecule has 0 aliphatic heterocycles. The maximum Gasteiger partial charge on any atom is 0.326 e. The van der Waals surface area contributed by atoms with Crippen LogP contribution < -0.4 is 33.2 Å². The molecular weight excluding hydrogens is 500 g/mol. The Bertz CT molecular complexity index is 1130. The number of aromatic nitrogens is 1. The molecule has 37 heavy (non-hydrogen) atoms. The van der Waals surface area contributed by atoms with Crippen molar-refractivity contribution in [3.05, 3.63) is 36.0 Å². The number of rotatable bonds is 14. The van der Waals surface area contributed by atoms with E-state index in [4.69, 9.17) is 17.2 Å². The molecule has 0 aliphatic carbocycles. The van der Waals surface area contributed by atoms with Crippen molar-refractivity contribution < 1.29 is 24.3 Å². The smallest absolute Gasteiger partial charge is 0.326 e. The number of hydrogen-bond donors (Lipinski definition) is 9. The maximum atomic E-state index is 13.1. The number of aromatic amines is 1. The third kappa shape index (κ3) is 8.99. The lowest BCUT2D eigenvalue weighted by Crippen LogP contribution is -2.57. The standard InChI is InChI=1S/C23H34N8O5S/c1-12(19(32)30-17(22(35)36)7-4-8-27-23(25)26)29-21(34)18(31-20(33)15(24)11-37)9-13-10-28-16-6-3-2-5-14(13)16/h2-3,5-6,10,12,15,17-18,28,37H,4,7-9,11,24H2,1H3,(H,29,34)(H,30,32)(H,31,33)(H,35,36)(H4,25,26,27). The first-order valence-electron chi connectivity index (χ1n) is 11.6. The van der Waals surface area contributed by atoms with Crippen LogP contribution in [0, 0.1) is 0 Å². The third-order valence-corrected chi connectivity index (χ3v) is 5.97. The van der Waals surface area contributed by atoms with E-state index in [1.165, 1.54) is 6.92 Å². The van der Waals surface area contributed by atoms with E-state index in [2.05, 4.69) is 38.6 Å². The molecule has 4 unspecified atom stereocenters. The second kappa shape index (κ2) is 14.1. The number of para-hydroxylation sites is 1. The molecule has 2 rings (SSSR count). The summed E-state index contributed by atoms with van der Waals surface area (Å²) in [5, 5.41) is 17.9. The molecule has 2 aromatic rings. The second-order valence-electron chi connectivity index (χ2n) is 8.49. The number of nitrogens with one attached hydrogen (secondary N) is 4. The highest BCUT2D eigenvalue weighted by molar-refractivity contribution is 7.80. The number of amides is 3. The van der Waals surface area contributed by atoms with Gasteiger partial charge in [-0.25, -0.2) is 4.79 Å². The van der Waals surface area contributed by atoms with Gasteiger partial charge in [-0.05, 0) is 31.4 Å². The Hall–Kier alpha value is -3.78. The first-order chi connectivity index (χ1) is 17.5. The van der Waals surface area contributed by atoms with Crippen LogP contribution in [0.3, 0.4) is 0 Å². The Labute approximate surface area is 219 Å². The quantitative estimate of drug-likeness (QED) is 0.0602. The van der Waals surface area contributed by atoms with E-state index < -0.39 is 47.9 Å². The van der Waals surface area contributed by atoms with Crippen molar-refractivity contribution in [2.45, 2.75) is 50.4 Å². The number of H-pyrrole nitrogens is 1. The maximum absolute atomic E-state index is 13.1. The van der Waals surface area contributed by atoms with Crippen molar-refractivity contribution in [2.75, 3.05) is 12.3 Å². The monoisotopic (exact) mass is 534 g/mol. The molecule has 13 nitrogen and oxygen atoms in total. The molecule has 0 saturated carbocycles. The lowest BCUT2D eigenvalue weighted by Gasteiger charge is -2.23. The number of carboxylic acid groups (broad SMARTS) is 1. The summed E-state index contributed by atoms with van der Waals surface area (Å²) < 4.78 is 0. The first kappa shape index (κ1) is 29.5. The lowest BCUT2D eigenvalue weighted by atomic mass is 10.0. The van der Waals surface area contributed by atoms with E-state index >= 15 is 0 Å². The van der Waals surface area contributed by atoms with Crippen molar-refractivity contribution in [3.63, 3.8) is 0 Å². The van der Waals surface area contributed by atoms with Crippen LogP contribution in [0.5, 0.6) is 0 Å². The number of guanidine groups is 1. The largest absolute Gasteiger partial charge is 0.480 e. The summed E-state index contributed by atoms with van der Waals surface area (Å²) in [4.78, 5) is 56.7. The molecule has 0 aliphatic rings. The Morgan fingerprint density at radius 3 is 2.38 bits per heavy atom. The summed E-state index contributed by atoms with van der Waals surface area (Å²) in [7, 11) is 0. The Balaban J connectivity index is 2.09. The van der Waals surface area contributed by atoms with Crippen molar-refractivity contribution in [2.24, 2.45) is 22.2 Å². The summed E-state index contributed by atoms with van der Waals surface area (Å²) in [6, 6.07) is 3.21. The number of carbonyl (C=O) groups excluding carboxylic acids is 3. The predicted molar refractivity (Wildman–Crippen MR) is 143 cm³/mol. The van der Waals surface area contributed by atoms with Crippen LogP contribution >= 0.6 is 12.6 Å². The fraction of sp³-hybridized carbons (Fsp3) is 0.435. The van der Waals surface area contributed by atoms with Crippen LogP contribution in [-0.2, 0) is 25.6 Å². The van der Waals surface area contributed by atoms with E-state index in [9.17, 15) is 24.3 Å². The molecule has 14 heteroatoms. The number of nitrogens with zero attached hydrogens (tertiary/aromatic N) is 1. The van der Waals surface area contributed by atoms with Crippen LogP contribution in [0.2, 0.25) is 0 Å². The number of thiol groups is 1. The molecule has 3 amide bonds. The van der Waals surface area contributed by atoms with Gasteiger partial charge in [-0.3, -0.25) is 19.4 Å². The molecule has 0 radical (unpaired) electrons. The van der Waals surface area contributed by atoms with Gasteiger partial charge in [-0.1, -0.05) is 18.2 Å². The van der Waals surface area contributed by atoms with Crippen molar-refractivity contribution in [3.8, 4) is 0 Å². The van der Waals surface area contributed by atoms with Crippen LogP contribution in [0.15, 0.2) is 35.5 Å². The van der Waals surface area contributed by atoms with E-state index in [1.54, 1.807) is 6.20 Å². The molecule has 0 bridgehead atoms. The molecule has 0 spiro atoms. The van der Waals surface area contributed by atoms with E-state index in [1.807, 2.05) is 24.3 Å². The zero-order valence-electron chi connectivity index (χ0n) is 20.4. The predicted octanol–water partition coefficient (Wildman–Crippen LogP) is -1.42. The van der Waals surface area contributed by atoms with E-state index in [0.717, 1.165) is 16.5 Å². The van der Waals surface area contributed by atoms with Crippen LogP contribution in [0.1, 0.15) is 25.3 Å². The Kier molecular flexibility index (Phi) is 11.2. The Morgan fingerprint density at radius 1 is 1.05 bits per heavy atom. The van der Waals surface area contributed by atoms with Gasteiger partial charge in [0.15, 0.2) is 5.96 Å². The summed E-state index contributed by atoms with van der Waals surface area (Å²) in [5.41, 5.74) is 17.9. The minimum atomic E-state index is -1.23. The topological polar surface area (TPSA) is 231 Å². The summed E-state index contributed by atoms with van der Waals surface area (Å²) in [6.07, 6.45) is 2.27. The highest BCUT2D eigenvalue weighted by atomic mass is 32.1. The Morgan fingerprint density at radius 2 is 1.73 bits per heavy atom. The van der Waals surface area contributed by atoms with Gasteiger partial charge in [-0.2, -0.15) is 12.6 Å². The summed E-state index contributed by atoms with van der Waals surface area (Å²) >= 11 is 4.03. The minimum absolute atomic E-state index is 0.0752. The highest BCUT2D eigenvalue weighted by Crippen LogP contribution is 2.19.